The Hall–Kier alpha value is -3.13. The summed E-state index contributed by atoms with van der Waals surface area (Å²) in [5, 5.41) is 0.659. The Morgan fingerprint density at radius 2 is 1.97 bits per heavy atom. The number of aryl methyl sites for hydroxylation is 1. The maximum Gasteiger partial charge on any atom is 0.244 e. The molecule has 0 radical (unpaired) electrons. The second kappa shape index (κ2) is 9.13. The largest absolute Gasteiger partial charge is 0.368 e. The van der Waals surface area contributed by atoms with Crippen molar-refractivity contribution < 1.29 is 14.0 Å². The molecule has 0 aliphatic rings. The van der Waals surface area contributed by atoms with Crippen molar-refractivity contribution in [3.63, 3.8) is 0 Å². The topological polar surface area (TPSA) is 81.2 Å². The van der Waals surface area contributed by atoms with Gasteiger partial charge in [0.1, 0.15) is 11.9 Å². The molecule has 3 aromatic rings. The van der Waals surface area contributed by atoms with E-state index in [0.717, 1.165) is 16.8 Å². The number of nitrogens with zero attached hydrogens (tertiary/aromatic N) is 3. The molecule has 8 heteroatoms. The van der Waals surface area contributed by atoms with Crippen LogP contribution in [0.5, 0.6) is 0 Å². The Balaban J connectivity index is 1.76. The summed E-state index contributed by atoms with van der Waals surface area (Å²) in [7, 11) is 1.49. The van der Waals surface area contributed by atoms with Crippen molar-refractivity contribution in [1.29, 1.82) is 0 Å². The second-order valence-electron chi connectivity index (χ2n) is 6.95. The normalized spacial score (nSPS) is 11.9. The molecular formula is C22H23FN4O2S. The second-order valence-corrected chi connectivity index (χ2v) is 7.89. The molecule has 6 nitrogen and oxygen atoms in total. The van der Waals surface area contributed by atoms with E-state index in [1.807, 2.05) is 42.8 Å². The molecule has 30 heavy (non-hydrogen) atoms. The van der Waals surface area contributed by atoms with Gasteiger partial charge in [-0.05, 0) is 48.7 Å². The van der Waals surface area contributed by atoms with Crippen LogP contribution >= 0.6 is 11.8 Å². The highest BCUT2D eigenvalue weighted by molar-refractivity contribution is 7.99. The van der Waals surface area contributed by atoms with Crippen molar-refractivity contribution in [2.45, 2.75) is 25.0 Å². The lowest BCUT2D eigenvalue weighted by atomic mass is 10.0. The highest BCUT2D eigenvalue weighted by Gasteiger charge is 2.27. The molecule has 156 valence electrons. The summed E-state index contributed by atoms with van der Waals surface area (Å²) < 4.78 is 15.5. The van der Waals surface area contributed by atoms with Gasteiger partial charge in [-0.1, -0.05) is 36.0 Å². The third kappa shape index (κ3) is 4.54. The summed E-state index contributed by atoms with van der Waals surface area (Å²) in [5.41, 5.74) is 9.11. The molecule has 1 heterocycles. The third-order valence-electron chi connectivity index (χ3n) is 4.98. The van der Waals surface area contributed by atoms with Gasteiger partial charge >= 0.3 is 0 Å². The Labute approximate surface area is 178 Å². The van der Waals surface area contributed by atoms with Gasteiger partial charge in [-0.25, -0.2) is 9.37 Å². The highest BCUT2D eigenvalue weighted by atomic mass is 32.2. The number of likely N-dealkylation sites (N-methyl/N-ethyl adjacent to an activating group) is 1. The van der Waals surface area contributed by atoms with E-state index in [9.17, 15) is 14.0 Å². The van der Waals surface area contributed by atoms with Gasteiger partial charge in [-0.2, -0.15) is 0 Å². The molecule has 3 rings (SSSR count). The first-order valence-electron chi connectivity index (χ1n) is 9.32. The number of carbonyl (C=O) groups excluding carboxylic acids is 2. The van der Waals surface area contributed by atoms with Crippen LogP contribution in [0.4, 0.5) is 4.39 Å². The first kappa shape index (κ1) is 21.6. The first-order valence-corrected chi connectivity index (χ1v) is 10.3. The lowest BCUT2D eigenvalue weighted by Gasteiger charge is -2.26. The summed E-state index contributed by atoms with van der Waals surface area (Å²) in [6.45, 7) is 4.08. The maximum absolute atomic E-state index is 13.6. The van der Waals surface area contributed by atoms with Crippen molar-refractivity contribution in [2.24, 2.45) is 5.73 Å². The number of halogens is 1. The van der Waals surface area contributed by atoms with Gasteiger partial charge in [0, 0.05) is 19.4 Å². The third-order valence-corrected chi connectivity index (χ3v) is 5.93. The summed E-state index contributed by atoms with van der Waals surface area (Å²) in [5.74, 6) is -1.48. The summed E-state index contributed by atoms with van der Waals surface area (Å²) in [6.07, 6.45) is 3.52. The van der Waals surface area contributed by atoms with Gasteiger partial charge in [0.25, 0.3) is 0 Å². The van der Waals surface area contributed by atoms with Crippen molar-refractivity contribution in [3.8, 4) is 5.69 Å². The SMILES string of the molecule is Cc1cccc(-n2ccnc2SCC(=O)N(C)C(C(N)=O)c2cccc(F)c2)c1C. The molecule has 0 aliphatic heterocycles. The van der Waals surface area contributed by atoms with Crippen molar-refractivity contribution in [1.82, 2.24) is 14.5 Å². The van der Waals surface area contributed by atoms with Crippen LogP contribution in [0.1, 0.15) is 22.7 Å². The zero-order chi connectivity index (χ0) is 21.8. The number of thioether (sulfide) groups is 1. The van der Waals surface area contributed by atoms with Crippen LogP contribution in [-0.2, 0) is 9.59 Å². The molecule has 0 saturated heterocycles. The van der Waals surface area contributed by atoms with Gasteiger partial charge in [-0.15, -0.1) is 0 Å². The maximum atomic E-state index is 13.6. The standard InChI is InChI=1S/C22H23FN4O2S/c1-14-6-4-9-18(15(14)2)27-11-10-25-22(27)30-13-19(28)26(3)20(21(24)29)16-7-5-8-17(23)12-16/h4-12,20H,13H2,1-3H3,(H2,24,29). The quantitative estimate of drug-likeness (QED) is 0.587. The van der Waals surface area contributed by atoms with Crippen LogP contribution < -0.4 is 5.73 Å². The van der Waals surface area contributed by atoms with Crippen LogP contribution in [0, 0.1) is 19.7 Å². The van der Waals surface area contributed by atoms with Crippen LogP contribution in [0.2, 0.25) is 0 Å². The zero-order valence-electron chi connectivity index (χ0n) is 17.0. The molecule has 0 saturated carbocycles. The van der Waals surface area contributed by atoms with E-state index in [4.69, 9.17) is 5.73 Å². The molecule has 0 spiro atoms. The van der Waals surface area contributed by atoms with Crippen LogP contribution in [-0.4, -0.2) is 39.1 Å². The fourth-order valence-electron chi connectivity index (χ4n) is 3.20. The molecule has 1 aromatic heterocycles. The minimum Gasteiger partial charge on any atom is -0.368 e. The Morgan fingerprint density at radius 1 is 1.23 bits per heavy atom. The fourth-order valence-corrected chi connectivity index (χ4v) is 4.09. The Kier molecular flexibility index (Phi) is 6.56. The minimum atomic E-state index is -1.05. The van der Waals surface area contributed by atoms with E-state index in [1.165, 1.54) is 41.9 Å². The van der Waals surface area contributed by atoms with E-state index in [2.05, 4.69) is 4.98 Å². The number of carbonyl (C=O) groups is 2. The number of primary amides is 1. The molecule has 2 aromatic carbocycles. The number of hydrogen-bond donors (Lipinski definition) is 1. The van der Waals surface area contributed by atoms with E-state index in [-0.39, 0.29) is 11.7 Å². The summed E-state index contributed by atoms with van der Waals surface area (Å²) in [4.78, 5) is 30.4. The number of amides is 2. The zero-order valence-corrected chi connectivity index (χ0v) is 17.8. The molecular weight excluding hydrogens is 403 g/mol. The van der Waals surface area contributed by atoms with Crippen molar-refractivity contribution in [3.05, 3.63) is 77.4 Å². The Bertz CT molecular complexity index is 1080. The van der Waals surface area contributed by atoms with E-state index in [1.54, 1.807) is 12.3 Å². The van der Waals surface area contributed by atoms with Gasteiger partial charge in [0.15, 0.2) is 5.16 Å². The molecule has 2 amide bonds. The first-order chi connectivity index (χ1) is 14.3. The molecule has 0 aliphatic carbocycles. The minimum absolute atomic E-state index is 0.0530. The lowest BCUT2D eigenvalue weighted by Crippen LogP contribution is -2.40. The summed E-state index contributed by atoms with van der Waals surface area (Å²) >= 11 is 1.26. The fraction of sp³-hybridized carbons (Fsp3) is 0.227. The van der Waals surface area contributed by atoms with Crippen molar-refractivity contribution >= 4 is 23.6 Å². The molecule has 1 atom stereocenters. The van der Waals surface area contributed by atoms with Gasteiger partial charge in [0.2, 0.25) is 11.8 Å². The van der Waals surface area contributed by atoms with Gasteiger partial charge < -0.3 is 10.6 Å². The number of rotatable bonds is 7. The average molecular weight is 427 g/mol. The Morgan fingerprint density at radius 3 is 2.67 bits per heavy atom. The van der Waals surface area contributed by atoms with Gasteiger partial charge in [0.05, 0.1) is 11.4 Å². The van der Waals surface area contributed by atoms with Crippen LogP contribution in [0.25, 0.3) is 5.69 Å². The van der Waals surface area contributed by atoms with Crippen LogP contribution in [0.3, 0.4) is 0 Å². The van der Waals surface area contributed by atoms with Crippen molar-refractivity contribution in [2.75, 3.05) is 12.8 Å². The molecule has 0 bridgehead atoms. The highest BCUT2D eigenvalue weighted by Crippen LogP contribution is 2.26. The monoisotopic (exact) mass is 426 g/mol. The number of imidazole rings is 1. The van der Waals surface area contributed by atoms with Gasteiger partial charge in [-0.3, -0.25) is 14.2 Å². The smallest absolute Gasteiger partial charge is 0.244 e. The summed E-state index contributed by atoms with van der Waals surface area (Å²) in [6, 6.07) is 10.5. The van der Waals surface area contributed by atoms with E-state index in [0.29, 0.717) is 10.7 Å². The predicted molar refractivity (Wildman–Crippen MR) is 115 cm³/mol. The number of nitrogens with two attached hydrogens (primary N) is 1. The molecule has 2 N–H and O–H groups in total. The number of aromatic nitrogens is 2. The molecule has 0 fully saturated rings. The molecule has 1 unspecified atom stereocenters. The lowest BCUT2D eigenvalue weighted by molar-refractivity contribution is -0.136. The predicted octanol–water partition coefficient (Wildman–Crippen LogP) is 3.41. The number of hydrogen-bond acceptors (Lipinski definition) is 4. The van der Waals surface area contributed by atoms with Crippen LogP contribution in [0.15, 0.2) is 60.0 Å². The van der Waals surface area contributed by atoms with E-state index < -0.39 is 17.8 Å². The van der Waals surface area contributed by atoms with E-state index >= 15 is 0 Å². The number of benzene rings is 2. The average Bonchev–Trinajstić information content (AvgIpc) is 3.16.